The van der Waals surface area contributed by atoms with E-state index in [1.54, 1.807) is 12.1 Å². The third-order valence-electron chi connectivity index (χ3n) is 2.92. The number of carbonyl (C=O) groups is 1. The van der Waals surface area contributed by atoms with Crippen molar-refractivity contribution in [1.82, 2.24) is 0 Å². The van der Waals surface area contributed by atoms with Gasteiger partial charge in [-0.15, -0.1) is 11.3 Å². The second-order valence-corrected chi connectivity index (χ2v) is 5.60. The van der Waals surface area contributed by atoms with E-state index in [4.69, 9.17) is 11.6 Å². The Morgan fingerprint density at radius 2 is 1.74 bits per heavy atom. The predicted molar refractivity (Wildman–Crippen MR) is 79.2 cm³/mol. The molecule has 0 spiro atoms. The summed E-state index contributed by atoms with van der Waals surface area (Å²) in [7, 11) is 0. The zero-order chi connectivity index (χ0) is 13.4. The fraction of sp³-hybridized carbons (Fsp3) is 0. The van der Waals surface area contributed by atoms with E-state index in [-0.39, 0.29) is 0 Å². The average Bonchev–Trinajstić information content (AvgIpc) is 2.79. The monoisotopic (exact) mass is 288 g/mol. The maximum absolute atomic E-state index is 11.4. The number of rotatable bonds is 2. The number of aromatic carboxylic acids is 1. The molecule has 1 N–H and O–H groups in total. The summed E-state index contributed by atoms with van der Waals surface area (Å²) in [6.07, 6.45) is 0. The Hall–Kier alpha value is -1.84. The summed E-state index contributed by atoms with van der Waals surface area (Å²) in [6, 6.07) is 15.0. The second-order valence-electron chi connectivity index (χ2n) is 4.11. The Morgan fingerprint density at radius 3 is 2.42 bits per heavy atom. The maximum atomic E-state index is 11.4. The van der Waals surface area contributed by atoms with Gasteiger partial charge in [0.2, 0.25) is 0 Å². The summed E-state index contributed by atoms with van der Waals surface area (Å²) in [5.74, 6) is -0.897. The van der Waals surface area contributed by atoms with Crippen LogP contribution in [0.2, 0.25) is 5.02 Å². The van der Waals surface area contributed by atoms with Gasteiger partial charge in [-0.2, -0.15) is 0 Å². The highest BCUT2D eigenvalue weighted by Crippen LogP contribution is 2.38. The number of halogens is 1. The Kier molecular flexibility index (Phi) is 3.01. The lowest BCUT2D eigenvalue weighted by molar-refractivity contribution is 0.0703. The van der Waals surface area contributed by atoms with Crippen LogP contribution in [-0.2, 0) is 0 Å². The van der Waals surface area contributed by atoms with Gasteiger partial charge in [0.05, 0.1) is 0 Å². The van der Waals surface area contributed by atoms with Crippen molar-refractivity contribution in [3.63, 3.8) is 0 Å². The van der Waals surface area contributed by atoms with E-state index < -0.39 is 5.97 Å². The quantitative estimate of drug-likeness (QED) is 0.727. The van der Waals surface area contributed by atoms with Gasteiger partial charge in [-0.05, 0) is 23.8 Å². The second kappa shape index (κ2) is 4.68. The van der Waals surface area contributed by atoms with Gasteiger partial charge in [0.15, 0.2) is 0 Å². The summed E-state index contributed by atoms with van der Waals surface area (Å²) >= 11 is 7.18. The van der Waals surface area contributed by atoms with Gasteiger partial charge in [0.1, 0.15) is 4.88 Å². The molecule has 3 rings (SSSR count). The zero-order valence-electron chi connectivity index (χ0n) is 9.76. The molecule has 94 valence electrons. The number of fused-ring (bicyclic) bond motifs is 1. The number of carboxylic acid groups (broad SMARTS) is 1. The molecular weight excluding hydrogens is 280 g/mol. The molecule has 0 saturated carbocycles. The fourth-order valence-corrected chi connectivity index (χ4v) is 3.29. The predicted octanol–water partition coefficient (Wildman–Crippen LogP) is 4.92. The third-order valence-corrected chi connectivity index (χ3v) is 4.33. The molecule has 0 unspecified atom stereocenters. The molecule has 4 heteroatoms. The molecule has 1 aromatic heterocycles. The SMILES string of the molecule is O=C(O)c1sc2ccccc2c1-c1ccc(Cl)cc1. The first kappa shape index (κ1) is 12.2. The lowest BCUT2D eigenvalue weighted by Crippen LogP contribution is -1.94. The van der Waals surface area contributed by atoms with Crippen molar-refractivity contribution in [2.75, 3.05) is 0 Å². The molecule has 0 saturated heterocycles. The molecular formula is C15H9ClO2S. The van der Waals surface area contributed by atoms with Crippen molar-refractivity contribution in [1.29, 1.82) is 0 Å². The van der Waals surface area contributed by atoms with E-state index in [0.29, 0.717) is 9.90 Å². The summed E-state index contributed by atoms with van der Waals surface area (Å²) in [5, 5.41) is 11.0. The van der Waals surface area contributed by atoms with Crippen molar-refractivity contribution in [2.45, 2.75) is 0 Å². The summed E-state index contributed by atoms with van der Waals surface area (Å²) in [5.41, 5.74) is 1.64. The summed E-state index contributed by atoms with van der Waals surface area (Å²) in [6.45, 7) is 0. The molecule has 0 aliphatic heterocycles. The molecule has 0 radical (unpaired) electrons. The lowest BCUT2D eigenvalue weighted by atomic mass is 10.0. The van der Waals surface area contributed by atoms with E-state index >= 15 is 0 Å². The Bertz CT molecular complexity index is 759. The average molecular weight is 289 g/mol. The van der Waals surface area contributed by atoms with Crippen LogP contribution < -0.4 is 0 Å². The summed E-state index contributed by atoms with van der Waals surface area (Å²) < 4.78 is 0.977. The van der Waals surface area contributed by atoms with Crippen LogP contribution in [0.5, 0.6) is 0 Å². The van der Waals surface area contributed by atoms with Crippen molar-refractivity contribution in [3.05, 3.63) is 58.4 Å². The molecule has 0 fully saturated rings. The van der Waals surface area contributed by atoms with Crippen LogP contribution in [-0.4, -0.2) is 11.1 Å². The largest absolute Gasteiger partial charge is 0.477 e. The molecule has 2 aromatic carbocycles. The highest BCUT2D eigenvalue weighted by Gasteiger charge is 2.18. The van der Waals surface area contributed by atoms with E-state index in [0.717, 1.165) is 21.2 Å². The first-order chi connectivity index (χ1) is 9.16. The highest BCUT2D eigenvalue weighted by molar-refractivity contribution is 7.21. The van der Waals surface area contributed by atoms with Crippen LogP contribution in [0.25, 0.3) is 21.2 Å². The third kappa shape index (κ3) is 2.11. The lowest BCUT2D eigenvalue weighted by Gasteiger charge is -2.02. The zero-order valence-corrected chi connectivity index (χ0v) is 11.3. The van der Waals surface area contributed by atoms with Gasteiger partial charge in [-0.25, -0.2) is 4.79 Å². The van der Waals surface area contributed by atoms with Crippen molar-refractivity contribution in [3.8, 4) is 11.1 Å². The Morgan fingerprint density at radius 1 is 1.05 bits per heavy atom. The van der Waals surface area contributed by atoms with Crippen LogP contribution in [0, 0.1) is 0 Å². The molecule has 2 nitrogen and oxygen atoms in total. The Balaban J connectivity index is 2.34. The van der Waals surface area contributed by atoms with Gasteiger partial charge in [-0.3, -0.25) is 0 Å². The van der Waals surface area contributed by atoms with Crippen LogP contribution in [0.15, 0.2) is 48.5 Å². The fourth-order valence-electron chi connectivity index (χ4n) is 2.10. The summed E-state index contributed by atoms with van der Waals surface area (Å²) in [4.78, 5) is 11.8. The van der Waals surface area contributed by atoms with E-state index in [9.17, 15) is 9.90 Å². The van der Waals surface area contributed by atoms with Gasteiger partial charge >= 0.3 is 5.97 Å². The normalized spacial score (nSPS) is 10.8. The minimum Gasteiger partial charge on any atom is -0.477 e. The van der Waals surface area contributed by atoms with Crippen LogP contribution in [0.3, 0.4) is 0 Å². The number of carboxylic acids is 1. The Labute approximate surface area is 118 Å². The van der Waals surface area contributed by atoms with E-state index in [1.165, 1.54) is 11.3 Å². The number of benzene rings is 2. The number of hydrogen-bond acceptors (Lipinski definition) is 2. The molecule has 1 heterocycles. The maximum Gasteiger partial charge on any atom is 0.346 e. The minimum atomic E-state index is -0.897. The van der Waals surface area contributed by atoms with Gasteiger partial charge in [0, 0.05) is 20.7 Å². The molecule has 0 amide bonds. The van der Waals surface area contributed by atoms with Crippen molar-refractivity contribution >= 4 is 39.0 Å². The molecule has 0 aliphatic rings. The number of hydrogen-bond donors (Lipinski definition) is 1. The molecule has 19 heavy (non-hydrogen) atoms. The van der Waals surface area contributed by atoms with Crippen molar-refractivity contribution in [2.24, 2.45) is 0 Å². The van der Waals surface area contributed by atoms with E-state index in [2.05, 4.69) is 0 Å². The topological polar surface area (TPSA) is 37.3 Å². The molecule has 0 bridgehead atoms. The number of thiophene rings is 1. The van der Waals surface area contributed by atoms with Crippen LogP contribution >= 0.6 is 22.9 Å². The molecule has 0 aliphatic carbocycles. The van der Waals surface area contributed by atoms with Crippen molar-refractivity contribution < 1.29 is 9.90 Å². The van der Waals surface area contributed by atoms with Gasteiger partial charge in [0.25, 0.3) is 0 Å². The van der Waals surface area contributed by atoms with Crippen LogP contribution in [0.4, 0.5) is 0 Å². The van der Waals surface area contributed by atoms with Gasteiger partial charge in [-0.1, -0.05) is 41.9 Å². The minimum absolute atomic E-state index is 0.364. The van der Waals surface area contributed by atoms with E-state index in [1.807, 2.05) is 36.4 Å². The molecule has 3 aromatic rings. The molecule has 0 atom stereocenters. The first-order valence-corrected chi connectivity index (χ1v) is 6.87. The standard InChI is InChI=1S/C15H9ClO2S/c16-10-7-5-9(6-8-10)13-11-3-1-2-4-12(11)19-14(13)15(17)18/h1-8H,(H,17,18). The van der Waals surface area contributed by atoms with Gasteiger partial charge < -0.3 is 5.11 Å². The highest BCUT2D eigenvalue weighted by atomic mass is 35.5. The smallest absolute Gasteiger partial charge is 0.346 e. The van der Waals surface area contributed by atoms with Crippen LogP contribution in [0.1, 0.15) is 9.67 Å². The first-order valence-electron chi connectivity index (χ1n) is 5.67.